The van der Waals surface area contributed by atoms with Crippen LogP contribution in [-0.2, 0) is 0 Å². The van der Waals surface area contributed by atoms with Crippen molar-refractivity contribution in [3.8, 4) is 0 Å². The molecule has 0 fully saturated rings. The molecule has 0 saturated heterocycles. The summed E-state index contributed by atoms with van der Waals surface area (Å²) in [5.74, 6) is 0.636. The van der Waals surface area contributed by atoms with Crippen LogP contribution in [0, 0.1) is 5.92 Å². The van der Waals surface area contributed by atoms with E-state index in [0.717, 1.165) is 32.4 Å². The number of carbonyl (C=O) groups excluding carboxylic acids is 1. The molecular weight excluding hydrogens is 200 g/mol. The molecule has 1 unspecified atom stereocenters. The van der Waals surface area contributed by atoms with Crippen LogP contribution in [0.25, 0.3) is 0 Å². The van der Waals surface area contributed by atoms with Crippen molar-refractivity contribution in [3.05, 3.63) is 0 Å². The average molecular weight is 228 g/mol. The standard InChI is InChI=1S/C13H28N2O/c1-4-7-9-12(6-3)11-15-13(16)14-10-8-5-2/h12H,4-11H2,1-3H3,(H2,14,15,16). The maximum Gasteiger partial charge on any atom is 0.314 e. The minimum Gasteiger partial charge on any atom is -0.338 e. The fourth-order valence-corrected chi connectivity index (χ4v) is 1.62. The molecule has 1 atom stereocenters. The number of nitrogens with one attached hydrogen (secondary N) is 2. The highest BCUT2D eigenvalue weighted by Gasteiger charge is 2.07. The Hall–Kier alpha value is -0.730. The van der Waals surface area contributed by atoms with Gasteiger partial charge in [-0.15, -0.1) is 0 Å². The van der Waals surface area contributed by atoms with Gasteiger partial charge in [0.25, 0.3) is 0 Å². The molecule has 0 aromatic rings. The van der Waals surface area contributed by atoms with E-state index in [1.807, 2.05) is 0 Å². The summed E-state index contributed by atoms with van der Waals surface area (Å²) in [5.41, 5.74) is 0. The van der Waals surface area contributed by atoms with Crippen molar-refractivity contribution in [1.82, 2.24) is 10.6 Å². The first kappa shape index (κ1) is 15.3. The van der Waals surface area contributed by atoms with E-state index < -0.39 is 0 Å². The fraction of sp³-hybridized carbons (Fsp3) is 0.923. The Morgan fingerprint density at radius 2 is 1.75 bits per heavy atom. The zero-order chi connectivity index (χ0) is 12.2. The van der Waals surface area contributed by atoms with Crippen molar-refractivity contribution in [3.63, 3.8) is 0 Å². The molecule has 0 saturated carbocycles. The Morgan fingerprint density at radius 3 is 2.31 bits per heavy atom. The van der Waals surface area contributed by atoms with E-state index in [4.69, 9.17) is 0 Å². The molecule has 2 N–H and O–H groups in total. The normalized spacial score (nSPS) is 12.2. The number of urea groups is 1. The molecular formula is C13H28N2O. The summed E-state index contributed by atoms with van der Waals surface area (Å²) in [7, 11) is 0. The zero-order valence-electron chi connectivity index (χ0n) is 11.1. The fourth-order valence-electron chi connectivity index (χ4n) is 1.62. The number of hydrogen-bond acceptors (Lipinski definition) is 1. The minimum absolute atomic E-state index is 0.0107. The first-order chi connectivity index (χ1) is 7.74. The van der Waals surface area contributed by atoms with E-state index in [0.29, 0.717) is 5.92 Å². The van der Waals surface area contributed by atoms with Crippen molar-refractivity contribution in [1.29, 1.82) is 0 Å². The van der Waals surface area contributed by atoms with Crippen molar-refractivity contribution in [2.24, 2.45) is 5.92 Å². The van der Waals surface area contributed by atoms with Gasteiger partial charge in [-0.2, -0.15) is 0 Å². The second kappa shape index (κ2) is 10.8. The van der Waals surface area contributed by atoms with Crippen molar-refractivity contribution in [2.75, 3.05) is 13.1 Å². The molecule has 0 aromatic carbocycles. The second-order valence-corrected chi connectivity index (χ2v) is 4.41. The molecule has 0 heterocycles. The first-order valence-corrected chi connectivity index (χ1v) is 6.76. The Morgan fingerprint density at radius 1 is 1.06 bits per heavy atom. The van der Waals surface area contributed by atoms with Crippen molar-refractivity contribution in [2.45, 2.75) is 59.3 Å². The van der Waals surface area contributed by atoms with Gasteiger partial charge in [-0.05, 0) is 18.8 Å². The molecule has 0 bridgehead atoms. The quantitative estimate of drug-likeness (QED) is 0.584. The predicted octanol–water partition coefficient (Wildman–Crippen LogP) is 3.30. The number of hydrogen-bond donors (Lipinski definition) is 2. The van der Waals surface area contributed by atoms with Crippen LogP contribution >= 0.6 is 0 Å². The van der Waals surface area contributed by atoms with Gasteiger partial charge < -0.3 is 10.6 Å². The van der Waals surface area contributed by atoms with E-state index >= 15 is 0 Å². The highest BCUT2D eigenvalue weighted by Crippen LogP contribution is 2.10. The minimum atomic E-state index is -0.0107. The van der Waals surface area contributed by atoms with Gasteiger partial charge in [-0.1, -0.05) is 46.5 Å². The lowest BCUT2D eigenvalue weighted by Gasteiger charge is -2.15. The van der Waals surface area contributed by atoms with E-state index in [-0.39, 0.29) is 6.03 Å². The summed E-state index contributed by atoms with van der Waals surface area (Å²) in [5, 5.41) is 5.82. The summed E-state index contributed by atoms with van der Waals surface area (Å²) in [6.07, 6.45) is 7.04. The molecule has 0 radical (unpaired) electrons. The van der Waals surface area contributed by atoms with E-state index in [1.165, 1.54) is 19.3 Å². The van der Waals surface area contributed by atoms with Crippen LogP contribution in [0.15, 0.2) is 0 Å². The zero-order valence-corrected chi connectivity index (χ0v) is 11.1. The van der Waals surface area contributed by atoms with Gasteiger partial charge in [0.15, 0.2) is 0 Å². The summed E-state index contributed by atoms with van der Waals surface area (Å²) in [4.78, 5) is 11.4. The highest BCUT2D eigenvalue weighted by molar-refractivity contribution is 5.73. The van der Waals surface area contributed by atoms with Crippen LogP contribution in [-0.4, -0.2) is 19.1 Å². The third-order valence-corrected chi connectivity index (χ3v) is 2.91. The van der Waals surface area contributed by atoms with Gasteiger partial charge in [0.1, 0.15) is 0 Å². The molecule has 2 amide bonds. The van der Waals surface area contributed by atoms with Gasteiger partial charge >= 0.3 is 6.03 Å². The molecule has 3 heteroatoms. The van der Waals surface area contributed by atoms with Crippen LogP contribution in [0.4, 0.5) is 4.79 Å². The molecule has 3 nitrogen and oxygen atoms in total. The van der Waals surface area contributed by atoms with E-state index in [1.54, 1.807) is 0 Å². The Labute approximate surface area is 100 Å². The first-order valence-electron chi connectivity index (χ1n) is 6.76. The SMILES string of the molecule is CCCCNC(=O)NCC(CC)CCCC. The molecule has 0 aromatic heterocycles. The number of amides is 2. The number of unbranched alkanes of at least 4 members (excludes halogenated alkanes) is 2. The maximum absolute atomic E-state index is 11.4. The van der Waals surface area contributed by atoms with Gasteiger partial charge in [0, 0.05) is 13.1 Å². The number of rotatable bonds is 9. The molecule has 16 heavy (non-hydrogen) atoms. The monoisotopic (exact) mass is 228 g/mol. The van der Waals surface area contributed by atoms with Crippen LogP contribution in [0.5, 0.6) is 0 Å². The topological polar surface area (TPSA) is 41.1 Å². The van der Waals surface area contributed by atoms with Gasteiger partial charge in [0.05, 0.1) is 0 Å². The van der Waals surface area contributed by atoms with Crippen LogP contribution in [0.2, 0.25) is 0 Å². The third kappa shape index (κ3) is 8.57. The summed E-state index contributed by atoms with van der Waals surface area (Å²) >= 11 is 0. The summed E-state index contributed by atoms with van der Waals surface area (Å²) in [6.45, 7) is 8.12. The smallest absolute Gasteiger partial charge is 0.314 e. The largest absolute Gasteiger partial charge is 0.338 e. The van der Waals surface area contributed by atoms with Gasteiger partial charge in [-0.3, -0.25) is 0 Å². The molecule has 96 valence electrons. The summed E-state index contributed by atoms with van der Waals surface area (Å²) < 4.78 is 0. The van der Waals surface area contributed by atoms with E-state index in [9.17, 15) is 4.79 Å². The average Bonchev–Trinajstić information content (AvgIpc) is 2.30. The molecule has 0 aliphatic rings. The van der Waals surface area contributed by atoms with Crippen LogP contribution in [0.3, 0.4) is 0 Å². The Balaban J connectivity index is 3.54. The number of carbonyl (C=O) groups is 1. The molecule has 0 aliphatic carbocycles. The predicted molar refractivity (Wildman–Crippen MR) is 69.6 cm³/mol. The van der Waals surface area contributed by atoms with Crippen LogP contribution < -0.4 is 10.6 Å². The van der Waals surface area contributed by atoms with E-state index in [2.05, 4.69) is 31.4 Å². The van der Waals surface area contributed by atoms with Gasteiger partial charge in [0.2, 0.25) is 0 Å². The summed E-state index contributed by atoms with van der Waals surface area (Å²) in [6, 6.07) is -0.0107. The molecule has 0 rings (SSSR count). The maximum atomic E-state index is 11.4. The van der Waals surface area contributed by atoms with Crippen LogP contribution in [0.1, 0.15) is 59.3 Å². The second-order valence-electron chi connectivity index (χ2n) is 4.41. The van der Waals surface area contributed by atoms with Crippen molar-refractivity contribution < 1.29 is 4.79 Å². The highest BCUT2D eigenvalue weighted by atomic mass is 16.2. The Kier molecular flexibility index (Phi) is 10.3. The Bertz CT molecular complexity index is 171. The lowest BCUT2D eigenvalue weighted by atomic mass is 9.99. The molecule has 0 spiro atoms. The van der Waals surface area contributed by atoms with Crippen molar-refractivity contribution >= 4 is 6.03 Å². The lowest BCUT2D eigenvalue weighted by molar-refractivity contribution is 0.238. The molecule has 0 aliphatic heterocycles. The lowest BCUT2D eigenvalue weighted by Crippen LogP contribution is -2.38. The third-order valence-electron chi connectivity index (χ3n) is 2.91. The van der Waals surface area contributed by atoms with Gasteiger partial charge in [-0.25, -0.2) is 4.79 Å².